The molecule has 1 fully saturated rings. The molecular formula is C12H17NO2S. The molecule has 1 heterocycles. The van der Waals surface area contributed by atoms with Gasteiger partial charge in [0, 0.05) is 6.54 Å². The van der Waals surface area contributed by atoms with Gasteiger partial charge in [-0.25, -0.2) is 8.42 Å². The van der Waals surface area contributed by atoms with Crippen LogP contribution in [-0.2, 0) is 9.84 Å². The molecule has 0 saturated carbocycles. The number of hydrogen-bond acceptors (Lipinski definition) is 3. The first-order valence-electron chi connectivity index (χ1n) is 5.54. The molecule has 1 aliphatic rings. The fourth-order valence-electron chi connectivity index (χ4n) is 2.15. The zero-order valence-corrected chi connectivity index (χ0v) is 10.3. The van der Waals surface area contributed by atoms with Gasteiger partial charge in [0.05, 0.1) is 11.0 Å². The standard InChI is InChI=1S/C12H17NO2S/c1-13-8-5-9-16(14,15)12(10-13)11-6-3-2-4-7-11/h2-4,6-7,12H,5,8-10H2,1H3. The average Bonchev–Trinajstić information content (AvgIpc) is 2.39. The Morgan fingerprint density at radius 1 is 1.25 bits per heavy atom. The van der Waals surface area contributed by atoms with E-state index in [0.717, 1.165) is 18.5 Å². The lowest BCUT2D eigenvalue weighted by Gasteiger charge is -2.19. The summed E-state index contributed by atoms with van der Waals surface area (Å²) in [6.45, 7) is 1.47. The highest BCUT2D eigenvalue weighted by Crippen LogP contribution is 2.26. The zero-order chi connectivity index (χ0) is 11.6. The molecule has 16 heavy (non-hydrogen) atoms. The number of nitrogens with zero attached hydrogens (tertiary/aromatic N) is 1. The molecule has 4 heteroatoms. The third-order valence-electron chi connectivity index (χ3n) is 3.05. The zero-order valence-electron chi connectivity index (χ0n) is 9.46. The maximum Gasteiger partial charge on any atom is 0.158 e. The second kappa shape index (κ2) is 4.55. The largest absolute Gasteiger partial charge is 0.305 e. The predicted octanol–water partition coefficient (Wildman–Crippen LogP) is 1.48. The van der Waals surface area contributed by atoms with Gasteiger partial charge in [-0.1, -0.05) is 30.3 Å². The average molecular weight is 239 g/mol. The third kappa shape index (κ3) is 2.44. The van der Waals surface area contributed by atoms with E-state index in [1.807, 2.05) is 37.4 Å². The van der Waals surface area contributed by atoms with Crippen molar-refractivity contribution >= 4 is 9.84 Å². The van der Waals surface area contributed by atoms with Crippen molar-refractivity contribution in [2.45, 2.75) is 11.7 Å². The van der Waals surface area contributed by atoms with Crippen molar-refractivity contribution in [3.05, 3.63) is 35.9 Å². The van der Waals surface area contributed by atoms with Crippen LogP contribution in [0.5, 0.6) is 0 Å². The highest BCUT2D eigenvalue weighted by atomic mass is 32.2. The van der Waals surface area contributed by atoms with Crippen molar-refractivity contribution in [1.82, 2.24) is 4.90 Å². The smallest absolute Gasteiger partial charge is 0.158 e. The summed E-state index contributed by atoms with van der Waals surface area (Å²) in [6.07, 6.45) is 0.738. The van der Waals surface area contributed by atoms with Crippen LogP contribution in [-0.4, -0.2) is 39.2 Å². The minimum Gasteiger partial charge on any atom is -0.305 e. The molecular weight excluding hydrogens is 222 g/mol. The summed E-state index contributed by atoms with van der Waals surface area (Å²) >= 11 is 0. The Kier molecular flexibility index (Phi) is 3.30. The first-order chi connectivity index (χ1) is 7.59. The molecule has 0 amide bonds. The summed E-state index contributed by atoms with van der Waals surface area (Å²) in [5.74, 6) is 0.302. The number of rotatable bonds is 1. The van der Waals surface area contributed by atoms with Crippen LogP contribution in [0, 0.1) is 0 Å². The second-order valence-corrected chi connectivity index (χ2v) is 6.69. The van der Waals surface area contributed by atoms with Gasteiger partial charge in [0.15, 0.2) is 9.84 Å². The molecule has 3 nitrogen and oxygen atoms in total. The minimum atomic E-state index is -2.99. The normalized spacial score (nSPS) is 26.2. The van der Waals surface area contributed by atoms with Crippen LogP contribution in [0.1, 0.15) is 17.2 Å². The molecule has 1 saturated heterocycles. The molecule has 0 N–H and O–H groups in total. The summed E-state index contributed by atoms with van der Waals surface area (Å²) in [5.41, 5.74) is 0.913. The van der Waals surface area contributed by atoms with E-state index in [4.69, 9.17) is 0 Å². The van der Waals surface area contributed by atoms with Gasteiger partial charge in [-0.2, -0.15) is 0 Å². The van der Waals surface area contributed by atoms with E-state index in [2.05, 4.69) is 4.90 Å². The van der Waals surface area contributed by atoms with Gasteiger partial charge in [0.2, 0.25) is 0 Å². The Balaban J connectivity index is 2.36. The fraction of sp³-hybridized carbons (Fsp3) is 0.500. The van der Waals surface area contributed by atoms with Crippen LogP contribution in [0.2, 0.25) is 0 Å². The van der Waals surface area contributed by atoms with E-state index in [1.165, 1.54) is 0 Å². The van der Waals surface area contributed by atoms with E-state index in [-0.39, 0.29) is 5.25 Å². The molecule has 0 aromatic heterocycles. The van der Waals surface area contributed by atoms with Crippen LogP contribution in [0.25, 0.3) is 0 Å². The van der Waals surface area contributed by atoms with Crippen molar-refractivity contribution in [2.24, 2.45) is 0 Å². The van der Waals surface area contributed by atoms with Gasteiger partial charge in [0.1, 0.15) is 0 Å². The third-order valence-corrected chi connectivity index (χ3v) is 5.20. The summed E-state index contributed by atoms with van der Waals surface area (Å²) in [4.78, 5) is 2.10. The quantitative estimate of drug-likeness (QED) is 0.745. The van der Waals surface area contributed by atoms with Gasteiger partial charge < -0.3 is 4.90 Å². The molecule has 0 bridgehead atoms. The Labute approximate surface area is 97.0 Å². The Bertz CT molecular complexity index is 441. The van der Waals surface area contributed by atoms with Crippen molar-refractivity contribution in [3.63, 3.8) is 0 Å². The topological polar surface area (TPSA) is 37.4 Å². The molecule has 2 rings (SSSR count). The highest BCUT2D eigenvalue weighted by molar-refractivity contribution is 7.91. The Hall–Kier alpha value is -0.870. The van der Waals surface area contributed by atoms with Gasteiger partial charge in [-0.3, -0.25) is 0 Å². The lowest BCUT2D eigenvalue weighted by Crippen LogP contribution is -2.26. The fourth-order valence-corrected chi connectivity index (χ4v) is 4.02. The summed E-state index contributed by atoms with van der Waals surface area (Å²) in [7, 11) is -1.00. The van der Waals surface area contributed by atoms with Crippen molar-refractivity contribution in [2.75, 3.05) is 25.9 Å². The molecule has 1 aromatic rings. The van der Waals surface area contributed by atoms with Gasteiger partial charge >= 0.3 is 0 Å². The van der Waals surface area contributed by atoms with Gasteiger partial charge in [0.25, 0.3) is 0 Å². The predicted molar refractivity (Wildman–Crippen MR) is 65.1 cm³/mol. The van der Waals surface area contributed by atoms with Crippen LogP contribution in [0.4, 0.5) is 0 Å². The molecule has 88 valence electrons. The highest BCUT2D eigenvalue weighted by Gasteiger charge is 2.30. The number of likely N-dealkylation sites (N-methyl/N-ethyl adjacent to an activating group) is 1. The maximum absolute atomic E-state index is 12.1. The van der Waals surface area contributed by atoms with E-state index >= 15 is 0 Å². The lowest BCUT2D eigenvalue weighted by molar-refractivity contribution is 0.342. The van der Waals surface area contributed by atoms with Crippen molar-refractivity contribution in [1.29, 1.82) is 0 Å². The Morgan fingerprint density at radius 3 is 2.62 bits per heavy atom. The maximum atomic E-state index is 12.1. The first kappa shape index (κ1) is 11.6. The van der Waals surface area contributed by atoms with Gasteiger partial charge in [-0.15, -0.1) is 0 Å². The van der Waals surface area contributed by atoms with Crippen LogP contribution in [0.3, 0.4) is 0 Å². The molecule has 1 aromatic carbocycles. The van der Waals surface area contributed by atoms with E-state index in [9.17, 15) is 8.42 Å². The van der Waals surface area contributed by atoms with E-state index in [0.29, 0.717) is 12.3 Å². The van der Waals surface area contributed by atoms with Crippen LogP contribution >= 0.6 is 0 Å². The minimum absolute atomic E-state index is 0.302. The molecule has 0 aliphatic carbocycles. The lowest BCUT2D eigenvalue weighted by atomic mass is 10.1. The second-order valence-electron chi connectivity index (χ2n) is 4.38. The van der Waals surface area contributed by atoms with Crippen LogP contribution in [0.15, 0.2) is 30.3 Å². The number of sulfone groups is 1. The first-order valence-corrected chi connectivity index (χ1v) is 7.26. The number of benzene rings is 1. The van der Waals surface area contributed by atoms with Gasteiger partial charge in [-0.05, 0) is 25.6 Å². The summed E-state index contributed by atoms with van der Waals surface area (Å²) in [6, 6.07) is 9.52. The van der Waals surface area contributed by atoms with E-state index < -0.39 is 9.84 Å². The molecule has 1 aliphatic heterocycles. The number of hydrogen-bond donors (Lipinski definition) is 0. The molecule has 0 spiro atoms. The summed E-state index contributed by atoms with van der Waals surface area (Å²) in [5, 5.41) is -0.360. The Morgan fingerprint density at radius 2 is 1.94 bits per heavy atom. The SMILES string of the molecule is CN1CCCS(=O)(=O)C(c2ccccc2)C1. The molecule has 1 atom stereocenters. The summed E-state index contributed by atoms with van der Waals surface area (Å²) < 4.78 is 24.2. The van der Waals surface area contributed by atoms with Crippen molar-refractivity contribution in [3.8, 4) is 0 Å². The van der Waals surface area contributed by atoms with Crippen LogP contribution < -0.4 is 0 Å². The van der Waals surface area contributed by atoms with Crippen molar-refractivity contribution < 1.29 is 8.42 Å². The van der Waals surface area contributed by atoms with E-state index in [1.54, 1.807) is 0 Å². The molecule has 0 radical (unpaired) electrons. The monoisotopic (exact) mass is 239 g/mol. The molecule has 1 unspecified atom stereocenters.